The van der Waals surface area contributed by atoms with E-state index >= 15 is 0 Å². The van der Waals surface area contributed by atoms with Gasteiger partial charge < -0.3 is 19.8 Å². The van der Waals surface area contributed by atoms with Gasteiger partial charge in [0.2, 0.25) is 5.91 Å². The van der Waals surface area contributed by atoms with Crippen molar-refractivity contribution in [2.75, 3.05) is 5.32 Å². The lowest BCUT2D eigenvalue weighted by Gasteiger charge is -2.22. The number of rotatable bonds is 6. The lowest BCUT2D eigenvalue weighted by Crippen LogP contribution is -2.31. The molecule has 9 heteroatoms. The molecular formula is C23H20N4O4S. The summed E-state index contributed by atoms with van der Waals surface area (Å²) in [6.45, 7) is 0.289. The van der Waals surface area contributed by atoms with E-state index in [0.717, 1.165) is 21.7 Å². The number of fused-ring (bicyclic) bond motifs is 1. The van der Waals surface area contributed by atoms with Crippen LogP contribution in [0.25, 0.3) is 6.08 Å². The zero-order valence-electron chi connectivity index (χ0n) is 17.0. The highest BCUT2D eigenvalue weighted by molar-refractivity contribution is 7.16. The van der Waals surface area contributed by atoms with Gasteiger partial charge in [-0.1, -0.05) is 6.07 Å². The van der Waals surface area contributed by atoms with Gasteiger partial charge in [0.15, 0.2) is 0 Å². The van der Waals surface area contributed by atoms with E-state index in [1.807, 2.05) is 18.2 Å². The maximum atomic E-state index is 12.3. The number of carbonyl (C=O) groups excluding carboxylic acids is 2. The monoisotopic (exact) mass is 448 g/mol. The van der Waals surface area contributed by atoms with Gasteiger partial charge in [-0.05, 0) is 42.7 Å². The van der Waals surface area contributed by atoms with Crippen LogP contribution in [0.2, 0.25) is 0 Å². The normalized spacial score (nSPS) is 15.0. The second-order valence-electron chi connectivity index (χ2n) is 7.14. The number of nitrogens with one attached hydrogen (secondary N) is 2. The summed E-state index contributed by atoms with van der Waals surface area (Å²) in [7, 11) is 0. The molecule has 8 nitrogen and oxygen atoms in total. The number of thiophene rings is 1. The smallest absolute Gasteiger partial charge is 0.407 e. The fourth-order valence-corrected chi connectivity index (χ4v) is 4.68. The van der Waals surface area contributed by atoms with Crippen molar-refractivity contribution in [1.82, 2.24) is 10.3 Å². The van der Waals surface area contributed by atoms with Gasteiger partial charge in [0, 0.05) is 29.1 Å². The fourth-order valence-electron chi connectivity index (χ4n) is 3.42. The lowest BCUT2D eigenvalue weighted by atomic mass is 9.94. The molecule has 1 aliphatic carbocycles. The number of hydrogen-bond acceptors (Lipinski definition) is 7. The molecule has 32 heavy (non-hydrogen) atoms. The zero-order chi connectivity index (χ0) is 22.3. The number of nitrogens with zero attached hydrogens (tertiary/aromatic N) is 2. The Bertz CT molecular complexity index is 1160. The van der Waals surface area contributed by atoms with Crippen LogP contribution in [0.15, 0.2) is 53.5 Å². The summed E-state index contributed by atoms with van der Waals surface area (Å²) in [4.78, 5) is 29.5. The number of pyridine rings is 1. The van der Waals surface area contributed by atoms with Crippen molar-refractivity contribution < 1.29 is 18.7 Å². The Balaban J connectivity index is 1.36. The van der Waals surface area contributed by atoms with Gasteiger partial charge in [-0.3, -0.25) is 9.78 Å². The number of ether oxygens (including phenoxy) is 1. The minimum Gasteiger partial charge on any atom is -0.472 e. The third-order valence-electron chi connectivity index (χ3n) is 4.95. The predicted molar refractivity (Wildman–Crippen MR) is 119 cm³/mol. The Hall–Kier alpha value is -3.90. The van der Waals surface area contributed by atoms with Crippen LogP contribution in [-0.2, 0) is 28.9 Å². The average Bonchev–Trinajstić information content (AvgIpc) is 3.44. The molecule has 0 aliphatic heterocycles. The van der Waals surface area contributed by atoms with Gasteiger partial charge in [0.05, 0.1) is 30.3 Å². The Morgan fingerprint density at radius 1 is 1.38 bits per heavy atom. The number of anilines is 1. The summed E-state index contributed by atoms with van der Waals surface area (Å²) in [6, 6.07) is 9.42. The van der Waals surface area contributed by atoms with Crippen molar-refractivity contribution in [3.63, 3.8) is 0 Å². The molecule has 0 saturated heterocycles. The van der Waals surface area contributed by atoms with E-state index in [1.165, 1.54) is 29.9 Å². The Morgan fingerprint density at radius 3 is 3.03 bits per heavy atom. The molecule has 3 aromatic heterocycles. The van der Waals surface area contributed by atoms with Crippen molar-refractivity contribution in [3.05, 3.63) is 76.3 Å². The maximum Gasteiger partial charge on any atom is 0.407 e. The van der Waals surface area contributed by atoms with Crippen LogP contribution >= 0.6 is 11.3 Å². The van der Waals surface area contributed by atoms with E-state index in [-0.39, 0.29) is 18.6 Å². The third-order valence-corrected chi connectivity index (χ3v) is 6.12. The van der Waals surface area contributed by atoms with Gasteiger partial charge in [-0.25, -0.2) is 4.79 Å². The topological polar surface area (TPSA) is 117 Å². The largest absolute Gasteiger partial charge is 0.472 e. The molecule has 4 rings (SSSR count). The van der Waals surface area contributed by atoms with Crippen LogP contribution in [0.3, 0.4) is 0 Å². The quantitative estimate of drug-likeness (QED) is 0.550. The molecule has 3 aromatic rings. The van der Waals surface area contributed by atoms with Crippen molar-refractivity contribution in [1.29, 1.82) is 5.26 Å². The Kier molecular flexibility index (Phi) is 6.63. The Morgan fingerprint density at radius 2 is 2.28 bits per heavy atom. The first-order valence-electron chi connectivity index (χ1n) is 10.0. The summed E-state index contributed by atoms with van der Waals surface area (Å²) < 4.78 is 10.5. The second-order valence-corrected chi connectivity index (χ2v) is 8.25. The number of carbonyl (C=O) groups is 2. The van der Waals surface area contributed by atoms with Crippen molar-refractivity contribution in [3.8, 4) is 6.07 Å². The first kappa shape index (κ1) is 21.3. The third kappa shape index (κ3) is 5.22. The molecule has 0 radical (unpaired) electrons. The van der Waals surface area contributed by atoms with Crippen LogP contribution in [0, 0.1) is 11.3 Å². The van der Waals surface area contributed by atoms with Crippen molar-refractivity contribution in [2.24, 2.45) is 0 Å². The predicted octanol–water partition coefficient (Wildman–Crippen LogP) is 4.04. The highest BCUT2D eigenvalue weighted by Crippen LogP contribution is 2.38. The molecule has 0 spiro atoms. The van der Waals surface area contributed by atoms with E-state index in [9.17, 15) is 14.9 Å². The Labute approximate surface area is 188 Å². The van der Waals surface area contributed by atoms with E-state index in [0.29, 0.717) is 29.8 Å². The van der Waals surface area contributed by atoms with E-state index < -0.39 is 6.09 Å². The molecule has 2 amide bonds. The van der Waals surface area contributed by atoms with Crippen LogP contribution in [-0.4, -0.2) is 23.1 Å². The molecule has 2 N–H and O–H groups in total. The maximum absolute atomic E-state index is 12.3. The number of alkyl carbamates (subject to hydrolysis) is 1. The molecule has 162 valence electrons. The first-order valence-corrected chi connectivity index (χ1v) is 10.8. The molecule has 1 unspecified atom stereocenters. The molecule has 0 bridgehead atoms. The summed E-state index contributed by atoms with van der Waals surface area (Å²) in [6.07, 6.45) is 8.67. The lowest BCUT2D eigenvalue weighted by molar-refractivity contribution is -0.111. The van der Waals surface area contributed by atoms with Crippen LogP contribution in [0.5, 0.6) is 0 Å². The number of furan rings is 1. The van der Waals surface area contributed by atoms with Gasteiger partial charge in [-0.2, -0.15) is 5.26 Å². The minimum atomic E-state index is -0.501. The van der Waals surface area contributed by atoms with Crippen LogP contribution < -0.4 is 10.6 Å². The molecule has 0 aromatic carbocycles. The summed E-state index contributed by atoms with van der Waals surface area (Å²) >= 11 is 1.35. The number of hydrogen-bond donors (Lipinski definition) is 2. The van der Waals surface area contributed by atoms with E-state index in [1.54, 1.807) is 18.3 Å². The van der Waals surface area contributed by atoms with Gasteiger partial charge in [0.1, 0.15) is 17.2 Å². The number of amides is 2. The van der Waals surface area contributed by atoms with Gasteiger partial charge in [-0.15, -0.1) is 11.3 Å². The van der Waals surface area contributed by atoms with Crippen LogP contribution in [0.1, 0.15) is 33.7 Å². The van der Waals surface area contributed by atoms with Gasteiger partial charge >= 0.3 is 6.09 Å². The number of nitriles is 1. The van der Waals surface area contributed by atoms with E-state index in [4.69, 9.17) is 9.15 Å². The first-order chi connectivity index (χ1) is 15.6. The van der Waals surface area contributed by atoms with Crippen molar-refractivity contribution in [2.45, 2.75) is 31.9 Å². The SMILES string of the molecule is N#Cc1c(NC(=O)C=Cc2ccoc2)sc2c1CCC(OC(=O)NCc1ccccn1)C2. The highest BCUT2D eigenvalue weighted by Gasteiger charge is 2.28. The van der Waals surface area contributed by atoms with Gasteiger partial charge in [0.25, 0.3) is 0 Å². The summed E-state index contributed by atoms with van der Waals surface area (Å²) in [5.74, 6) is -0.331. The molecular weight excluding hydrogens is 428 g/mol. The molecule has 3 heterocycles. The minimum absolute atomic E-state index is 0.289. The molecule has 0 saturated carbocycles. The zero-order valence-corrected chi connectivity index (χ0v) is 17.9. The summed E-state index contributed by atoms with van der Waals surface area (Å²) in [5.41, 5.74) is 2.91. The molecule has 1 atom stereocenters. The fraction of sp³-hybridized carbons (Fsp3) is 0.217. The molecule has 1 aliphatic rings. The van der Waals surface area contributed by atoms with E-state index in [2.05, 4.69) is 21.7 Å². The van der Waals surface area contributed by atoms with Crippen LogP contribution in [0.4, 0.5) is 9.80 Å². The second kappa shape index (κ2) is 9.94. The highest BCUT2D eigenvalue weighted by atomic mass is 32.1. The summed E-state index contributed by atoms with van der Waals surface area (Å²) in [5, 5.41) is 15.6. The molecule has 0 fully saturated rings. The average molecular weight is 449 g/mol. The standard InChI is InChI=1S/C23H20N4O4S/c24-12-19-18-6-5-17(31-23(29)26-13-16-3-1-2-9-25-16)11-20(18)32-22(19)27-21(28)7-4-15-8-10-30-14-15/h1-4,7-10,14,17H,5-6,11,13H2,(H,26,29)(H,27,28). The number of aromatic nitrogens is 1. The van der Waals surface area contributed by atoms with Crippen molar-refractivity contribution >= 4 is 34.4 Å².